The highest BCUT2D eigenvalue weighted by Crippen LogP contribution is 2.44. The number of esters is 1. The molecule has 0 heterocycles. The van der Waals surface area contributed by atoms with Crippen LogP contribution in [-0.2, 0) is 14.3 Å². The second-order valence-electron chi connectivity index (χ2n) is 11.1. The van der Waals surface area contributed by atoms with Crippen molar-refractivity contribution in [2.45, 2.75) is 104 Å². The Morgan fingerprint density at radius 3 is 2.42 bits per heavy atom. The minimum absolute atomic E-state index is 0.0178. The van der Waals surface area contributed by atoms with Crippen LogP contribution in [0.3, 0.4) is 0 Å². The Hall–Kier alpha value is -2.64. The fourth-order valence-corrected chi connectivity index (χ4v) is 6.07. The van der Waals surface area contributed by atoms with Crippen molar-refractivity contribution in [1.29, 1.82) is 0 Å². The maximum atomic E-state index is 13.4. The molecule has 3 rings (SSSR count). The van der Waals surface area contributed by atoms with E-state index in [2.05, 4.69) is 25.2 Å². The van der Waals surface area contributed by atoms with Gasteiger partial charge in [-0.3, -0.25) is 4.79 Å². The zero-order chi connectivity index (χ0) is 28.0. The van der Waals surface area contributed by atoms with E-state index in [0.29, 0.717) is 19.3 Å². The Kier molecular flexibility index (Phi) is 10.6. The monoisotopic (exact) mass is 528 g/mol. The summed E-state index contributed by atoms with van der Waals surface area (Å²) in [6.45, 7) is 10.1. The van der Waals surface area contributed by atoms with Gasteiger partial charge >= 0.3 is 11.9 Å². The quantitative estimate of drug-likeness (QED) is 0.319. The van der Waals surface area contributed by atoms with Crippen LogP contribution >= 0.6 is 0 Å². The maximum Gasteiger partial charge on any atom is 0.347 e. The molecule has 0 radical (unpaired) electrons. The summed E-state index contributed by atoms with van der Waals surface area (Å²) in [5.74, 6) is -0.309. The van der Waals surface area contributed by atoms with E-state index in [1.165, 1.54) is 0 Å². The number of benzene rings is 1. The van der Waals surface area contributed by atoms with Gasteiger partial charge in [0.2, 0.25) is 0 Å². The van der Waals surface area contributed by atoms with Gasteiger partial charge in [-0.05, 0) is 87.8 Å². The molecule has 0 amide bonds. The first-order valence-corrected chi connectivity index (χ1v) is 13.9. The van der Waals surface area contributed by atoms with Gasteiger partial charge in [-0.2, -0.15) is 0 Å². The minimum atomic E-state index is -1.08. The van der Waals surface area contributed by atoms with Gasteiger partial charge in [0.05, 0.1) is 18.6 Å². The standard InChI is InChI=1S/C31H44O7/c1-6-26(37-30-20(4)14-18(2)15-21(30)5)31(36)38-27-9-7-8-22-11-10-19(3)25(29(22)27)13-12-23(32)16-24(33)17-28(34)35/h8,10-11,14-15,19,23-27,29,32-33H,6-7,9,12-13,16-17H2,1-5H3,(H,34,35). The van der Waals surface area contributed by atoms with Crippen molar-refractivity contribution in [3.8, 4) is 5.75 Å². The van der Waals surface area contributed by atoms with Crippen molar-refractivity contribution in [3.63, 3.8) is 0 Å². The van der Waals surface area contributed by atoms with E-state index in [1.54, 1.807) is 0 Å². The molecule has 0 fully saturated rings. The zero-order valence-electron chi connectivity index (χ0n) is 23.4. The highest BCUT2D eigenvalue weighted by atomic mass is 16.6. The number of aliphatic hydroxyl groups is 2. The van der Waals surface area contributed by atoms with Gasteiger partial charge < -0.3 is 24.8 Å². The molecule has 7 atom stereocenters. The second kappa shape index (κ2) is 13.4. The molecule has 2 aliphatic carbocycles. The summed E-state index contributed by atoms with van der Waals surface area (Å²) in [5, 5.41) is 29.2. The molecule has 0 saturated heterocycles. The van der Waals surface area contributed by atoms with E-state index in [9.17, 15) is 19.8 Å². The number of carboxylic acids is 1. The largest absolute Gasteiger partial charge is 0.481 e. The molecule has 0 spiro atoms. The zero-order valence-corrected chi connectivity index (χ0v) is 23.4. The van der Waals surface area contributed by atoms with Crippen molar-refractivity contribution in [2.24, 2.45) is 17.8 Å². The van der Waals surface area contributed by atoms with Crippen LogP contribution in [0.2, 0.25) is 0 Å². The fraction of sp³-hybridized carbons (Fsp3) is 0.613. The predicted octanol–water partition coefficient (Wildman–Crippen LogP) is 5.21. The predicted molar refractivity (Wildman–Crippen MR) is 146 cm³/mol. The molecule has 0 aromatic heterocycles. The van der Waals surface area contributed by atoms with Crippen molar-refractivity contribution < 1.29 is 34.4 Å². The number of hydrogen-bond acceptors (Lipinski definition) is 6. The van der Waals surface area contributed by atoms with Gasteiger partial charge in [0, 0.05) is 5.92 Å². The lowest BCUT2D eigenvalue weighted by Crippen LogP contribution is -2.42. The number of rotatable bonds is 12. The molecule has 0 bridgehead atoms. The number of fused-ring (bicyclic) bond motifs is 1. The number of carbonyl (C=O) groups excluding carboxylic acids is 1. The van der Waals surface area contributed by atoms with Crippen molar-refractivity contribution in [2.75, 3.05) is 0 Å². The van der Waals surface area contributed by atoms with Crippen LogP contribution in [0.15, 0.2) is 35.9 Å². The Morgan fingerprint density at radius 2 is 1.79 bits per heavy atom. The lowest BCUT2D eigenvalue weighted by Gasteiger charge is -2.42. The Morgan fingerprint density at radius 1 is 1.11 bits per heavy atom. The topological polar surface area (TPSA) is 113 Å². The number of aliphatic carboxylic acids is 1. The Bertz CT molecular complexity index is 1020. The molecule has 7 nitrogen and oxygen atoms in total. The molecule has 7 unspecified atom stereocenters. The molecule has 0 saturated carbocycles. The summed E-state index contributed by atoms with van der Waals surface area (Å²) >= 11 is 0. The first kappa shape index (κ1) is 29.9. The van der Waals surface area contributed by atoms with Crippen LogP contribution in [0, 0.1) is 38.5 Å². The smallest absolute Gasteiger partial charge is 0.347 e. The average Bonchev–Trinajstić information content (AvgIpc) is 2.82. The summed E-state index contributed by atoms with van der Waals surface area (Å²) < 4.78 is 12.4. The molecule has 3 N–H and O–H groups in total. The molecule has 7 heteroatoms. The van der Waals surface area contributed by atoms with E-state index in [4.69, 9.17) is 14.6 Å². The fourth-order valence-electron chi connectivity index (χ4n) is 6.07. The van der Waals surface area contributed by atoms with Gasteiger partial charge in [0.15, 0.2) is 6.10 Å². The van der Waals surface area contributed by atoms with E-state index >= 15 is 0 Å². The highest BCUT2D eigenvalue weighted by molar-refractivity contribution is 5.75. The number of ether oxygens (including phenoxy) is 2. The maximum absolute atomic E-state index is 13.4. The van der Waals surface area contributed by atoms with Gasteiger partial charge in [-0.1, -0.05) is 49.8 Å². The van der Waals surface area contributed by atoms with E-state index in [0.717, 1.165) is 40.9 Å². The number of aryl methyl sites for hydroxylation is 3. The van der Waals surface area contributed by atoms with Gasteiger partial charge in [0.25, 0.3) is 0 Å². The number of hydrogen-bond donors (Lipinski definition) is 3. The third-order valence-electron chi connectivity index (χ3n) is 7.90. The van der Waals surface area contributed by atoms with Crippen LogP contribution < -0.4 is 4.74 Å². The van der Waals surface area contributed by atoms with Crippen molar-refractivity contribution >= 4 is 11.9 Å². The van der Waals surface area contributed by atoms with Gasteiger partial charge in [-0.15, -0.1) is 0 Å². The Balaban J connectivity index is 1.70. The SMILES string of the molecule is CCC(Oc1c(C)cc(C)cc1C)C(=O)OC1CCC=C2C=CC(C)C(CCC(O)CC(O)CC(=O)O)C21. The van der Waals surface area contributed by atoms with E-state index in [1.807, 2.05) is 39.8 Å². The highest BCUT2D eigenvalue weighted by Gasteiger charge is 2.41. The summed E-state index contributed by atoms with van der Waals surface area (Å²) in [6.07, 6.45) is 6.49. The van der Waals surface area contributed by atoms with Crippen LogP contribution in [0.25, 0.3) is 0 Å². The first-order chi connectivity index (χ1) is 18.0. The molecular weight excluding hydrogens is 484 g/mol. The summed E-state index contributed by atoms with van der Waals surface area (Å²) in [7, 11) is 0. The normalized spacial score (nSPS) is 25.1. The van der Waals surface area contributed by atoms with E-state index in [-0.39, 0.29) is 42.7 Å². The summed E-state index contributed by atoms with van der Waals surface area (Å²) in [4.78, 5) is 24.2. The third kappa shape index (κ3) is 7.70. The number of allylic oxidation sites excluding steroid dienone is 3. The molecular formula is C31H44O7. The second-order valence-corrected chi connectivity index (χ2v) is 11.1. The average molecular weight is 529 g/mol. The lowest BCUT2D eigenvalue weighted by atomic mass is 9.66. The van der Waals surface area contributed by atoms with Gasteiger partial charge in [-0.25, -0.2) is 4.79 Å². The van der Waals surface area contributed by atoms with Crippen LogP contribution in [-0.4, -0.2) is 51.7 Å². The molecule has 0 aliphatic heterocycles. The van der Waals surface area contributed by atoms with Crippen molar-refractivity contribution in [3.05, 3.63) is 52.6 Å². The molecule has 2 aliphatic rings. The molecule has 1 aromatic rings. The number of aliphatic hydroxyl groups excluding tert-OH is 2. The lowest BCUT2D eigenvalue weighted by molar-refractivity contribution is -0.162. The van der Waals surface area contributed by atoms with Gasteiger partial charge in [0.1, 0.15) is 11.9 Å². The number of carbonyl (C=O) groups is 2. The number of carboxylic acid groups (broad SMARTS) is 1. The van der Waals surface area contributed by atoms with Crippen molar-refractivity contribution in [1.82, 2.24) is 0 Å². The van der Waals surface area contributed by atoms with E-state index < -0.39 is 24.3 Å². The van der Waals surface area contributed by atoms with Crippen LogP contribution in [0.5, 0.6) is 5.75 Å². The first-order valence-electron chi connectivity index (χ1n) is 13.9. The molecule has 210 valence electrons. The summed E-state index contributed by atoms with van der Waals surface area (Å²) in [6, 6.07) is 4.10. The van der Waals surface area contributed by atoms with Crippen LogP contribution in [0.1, 0.15) is 75.5 Å². The molecule has 38 heavy (non-hydrogen) atoms. The molecule has 1 aromatic carbocycles. The van der Waals surface area contributed by atoms with Crippen LogP contribution in [0.4, 0.5) is 0 Å². The third-order valence-corrected chi connectivity index (χ3v) is 7.90. The minimum Gasteiger partial charge on any atom is -0.481 e. The Labute approximate surface area is 226 Å². The summed E-state index contributed by atoms with van der Waals surface area (Å²) in [5.41, 5.74) is 4.30.